The first-order chi connectivity index (χ1) is 14.5. The molecule has 1 atom stereocenters. The summed E-state index contributed by atoms with van der Waals surface area (Å²) in [5, 5.41) is 0.194. The minimum Gasteiger partial charge on any atom is -0.255 e. The predicted octanol–water partition coefficient (Wildman–Crippen LogP) is 5.85. The van der Waals surface area contributed by atoms with Crippen LogP contribution in [0, 0.1) is 6.92 Å². The van der Waals surface area contributed by atoms with Crippen molar-refractivity contribution in [1.82, 2.24) is 4.98 Å². The lowest BCUT2D eigenvalue weighted by Crippen LogP contribution is -2.36. The third-order valence-electron chi connectivity index (χ3n) is 5.74. The molecule has 0 saturated heterocycles. The van der Waals surface area contributed by atoms with Gasteiger partial charge in [0, 0.05) is 24.3 Å². The quantitative estimate of drug-likeness (QED) is 0.511. The van der Waals surface area contributed by atoms with Gasteiger partial charge in [-0.05, 0) is 35.3 Å². The molecule has 1 heterocycles. The molecule has 0 spiro atoms. The second kappa shape index (κ2) is 7.34. The van der Waals surface area contributed by atoms with Gasteiger partial charge in [-0.25, -0.2) is 8.42 Å². The molecular weight excluding hydrogens is 423 g/mol. The zero-order valence-corrected chi connectivity index (χ0v) is 17.8. The highest BCUT2D eigenvalue weighted by molar-refractivity contribution is 7.91. The number of allylic oxidation sites excluding steroid dienone is 3. The van der Waals surface area contributed by atoms with Crippen molar-refractivity contribution in [3.05, 3.63) is 95.2 Å². The highest BCUT2D eigenvalue weighted by Crippen LogP contribution is 2.47. The van der Waals surface area contributed by atoms with Crippen molar-refractivity contribution in [1.29, 1.82) is 0 Å². The number of aromatic nitrogens is 1. The number of hydrogen-bond acceptors (Lipinski definition) is 3. The van der Waals surface area contributed by atoms with Crippen LogP contribution in [0.2, 0.25) is 0 Å². The zero-order valence-electron chi connectivity index (χ0n) is 16.9. The molecule has 0 aliphatic heterocycles. The van der Waals surface area contributed by atoms with Crippen molar-refractivity contribution in [3.8, 4) is 0 Å². The maximum absolute atomic E-state index is 13.6. The van der Waals surface area contributed by atoms with Crippen LogP contribution < -0.4 is 0 Å². The van der Waals surface area contributed by atoms with Crippen molar-refractivity contribution >= 4 is 26.3 Å². The number of alkyl halides is 3. The average Bonchev–Trinajstić information content (AvgIpc) is 2.72. The van der Waals surface area contributed by atoms with Gasteiger partial charge >= 0.3 is 6.18 Å². The van der Waals surface area contributed by atoms with E-state index in [9.17, 15) is 21.6 Å². The number of aryl methyl sites for hydroxylation is 1. The maximum Gasteiger partial charge on any atom is 0.418 e. The van der Waals surface area contributed by atoms with Gasteiger partial charge in [-0.15, -0.1) is 0 Å². The molecule has 1 unspecified atom stereocenters. The lowest BCUT2D eigenvalue weighted by Gasteiger charge is -2.35. The Kier molecular flexibility index (Phi) is 5.04. The Labute approximate surface area is 178 Å². The van der Waals surface area contributed by atoms with Crippen LogP contribution in [0.5, 0.6) is 0 Å². The summed E-state index contributed by atoms with van der Waals surface area (Å²) in [6, 6.07) is 13.1. The molecule has 3 aromatic rings. The standard InChI is InChI=1S/C24H20F3NO2S/c1-16-15-28-22-19(11-6-12-20(22)24(25,26)27)21(16)23(31(2,29)30)13-7-10-18(14-23)17-8-4-3-5-9-17/h3-13,15H,14H2,1-2H3. The van der Waals surface area contributed by atoms with Crippen LogP contribution in [0.3, 0.4) is 0 Å². The number of rotatable bonds is 3. The van der Waals surface area contributed by atoms with E-state index >= 15 is 0 Å². The zero-order chi connectivity index (χ0) is 22.4. The first-order valence-corrected chi connectivity index (χ1v) is 11.5. The molecule has 0 bridgehead atoms. The lowest BCUT2D eigenvalue weighted by atomic mass is 9.81. The van der Waals surface area contributed by atoms with Crippen molar-refractivity contribution in [3.63, 3.8) is 0 Å². The summed E-state index contributed by atoms with van der Waals surface area (Å²) in [6.45, 7) is 1.68. The number of halogens is 3. The van der Waals surface area contributed by atoms with E-state index in [2.05, 4.69) is 4.98 Å². The minimum absolute atomic E-state index is 0.114. The number of nitrogens with zero attached hydrogens (tertiary/aromatic N) is 1. The van der Waals surface area contributed by atoms with Gasteiger partial charge in [-0.3, -0.25) is 4.98 Å². The van der Waals surface area contributed by atoms with E-state index < -0.39 is 26.3 Å². The van der Waals surface area contributed by atoms with E-state index in [4.69, 9.17) is 0 Å². The van der Waals surface area contributed by atoms with Crippen LogP contribution in [-0.2, 0) is 20.8 Å². The smallest absolute Gasteiger partial charge is 0.255 e. The third kappa shape index (κ3) is 3.57. The number of sulfone groups is 1. The molecule has 0 amide bonds. The van der Waals surface area contributed by atoms with Crippen molar-refractivity contribution in [2.24, 2.45) is 0 Å². The molecule has 1 aromatic heterocycles. The van der Waals surface area contributed by atoms with E-state index in [0.717, 1.165) is 23.5 Å². The Hall–Kier alpha value is -2.93. The number of hydrogen-bond donors (Lipinski definition) is 0. The molecule has 0 saturated carbocycles. The van der Waals surface area contributed by atoms with Gasteiger partial charge in [0.2, 0.25) is 0 Å². The summed E-state index contributed by atoms with van der Waals surface area (Å²) in [5.74, 6) is 0. The van der Waals surface area contributed by atoms with Crippen molar-refractivity contribution in [2.45, 2.75) is 24.3 Å². The Morgan fingerprint density at radius 3 is 2.39 bits per heavy atom. The van der Waals surface area contributed by atoms with E-state index in [1.165, 1.54) is 18.3 Å². The minimum atomic E-state index is -4.60. The number of fused-ring (bicyclic) bond motifs is 1. The van der Waals surface area contributed by atoms with E-state index in [-0.39, 0.29) is 17.3 Å². The lowest BCUT2D eigenvalue weighted by molar-refractivity contribution is -0.136. The largest absolute Gasteiger partial charge is 0.418 e. The van der Waals surface area contributed by atoms with Gasteiger partial charge in [-0.2, -0.15) is 13.2 Å². The second-order valence-electron chi connectivity index (χ2n) is 7.77. The SMILES string of the molecule is Cc1cnc2c(C(F)(F)F)cccc2c1C1(S(C)(=O)=O)C=CC=C(c2ccccc2)C1. The second-order valence-corrected chi connectivity index (χ2v) is 10.0. The molecule has 2 aromatic carbocycles. The van der Waals surface area contributed by atoms with Crippen LogP contribution in [0.1, 0.15) is 28.7 Å². The van der Waals surface area contributed by atoms with Gasteiger partial charge in [0.15, 0.2) is 9.84 Å². The molecule has 0 fully saturated rings. The monoisotopic (exact) mass is 443 g/mol. The summed E-state index contributed by atoms with van der Waals surface area (Å²) in [5.41, 5.74) is 1.40. The summed E-state index contributed by atoms with van der Waals surface area (Å²) >= 11 is 0. The molecule has 0 radical (unpaired) electrons. The molecule has 3 nitrogen and oxygen atoms in total. The van der Waals surface area contributed by atoms with Gasteiger partial charge in [0.1, 0.15) is 4.75 Å². The van der Waals surface area contributed by atoms with Crippen molar-refractivity contribution in [2.75, 3.05) is 6.26 Å². The Morgan fingerprint density at radius 1 is 1.03 bits per heavy atom. The number of benzene rings is 2. The Morgan fingerprint density at radius 2 is 1.74 bits per heavy atom. The van der Waals surface area contributed by atoms with Crippen LogP contribution in [0.15, 0.2) is 73.0 Å². The van der Waals surface area contributed by atoms with Gasteiger partial charge in [0.05, 0.1) is 11.1 Å². The van der Waals surface area contributed by atoms with Crippen LogP contribution in [-0.4, -0.2) is 19.7 Å². The van der Waals surface area contributed by atoms with Crippen LogP contribution in [0.25, 0.3) is 16.5 Å². The molecule has 1 aliphatic carbocycles. The molecule has 1 aliphatic rings. The first-order valence-electron chi connectivity index (χ1n) is 9.64. The van der Waals surface area contributed by atoms with Gasteiger partial charge in [0.25, 0.3) is 0 Å². The molecule has 0 N–H and O–H groups in total. The van der Waals surface area contributed by atoms with Crippen LogP contribution >= 0.6 is 0 Å². The summed E-state index contributed by atoms with van der Waals surface area (Å²) in [4.78, 5) is 4.04. The van der Waals surface area contributed by atoms with Gasteiger partial charge < -0.3 is 0 Å². The highest BCUT2D eigenvalue weighted by Gasteiger charge is 2.45. The van der Waals surface area contributed by atoms with E-state index in [0.29, 0.717) is 11.1 Å². The third-order valence-corrected chi connectivity index (χ3v) is 7.55. The van der Waals surface area contributed by atoms with Gasteiger partial charge in [-0.1, -0.05) is 60.7 Å². The molecule has 4 rings (SSSR count). The fourth-order valence-corrected chi connectivity index (χ4v) is 5.68. The maximum atomic E-state index is 13.6. The topological polar surface area (TPSA) is 47.0 Å². The fourth-order valence-electron chi connectivity index (χ4n) is 4.30. The summed E-state index contributed by atoms with van der Waals surface area (Å²) < 4.78 is 65.8. The Bertz CT molecular complexity index is 1330. The van der Waals surface area contributed by atoms with E-state index in [1.807, 2.05) is 36.4 Å². The normalized spacial score (nSPS) is 19.5. The molecule has 31 heavy (non-hydrogen) atoms. The highest BCUT2D eigenvalue weighted by atomic mass is 32.2. The van der Waals surface area contributed by atoms with E-state index in [1.54, 1.807) is 19.1 Å². The number of pyridine rings is 1. The summed E-state index contributed by atoms with van der Waals surface area (Å²) in [6.07, 6.45) is 3.07. The molecular formula is C24H20F3NO2S. The van der Waals surface area contributed by atoms with Crippen LogP contribution in [0.4, 0.5) is 13.2 Å². The van der Waals surface area contributed by atoms with Crippen molar-refractivity contribution < 1.29 is 21.6 Å². The number of para-hydroxylation sites is 1. The Balaban J connectivity index is 2.03. The molecule has 160 valence electrons. The first kappa shape index (κ1) is 21.3. The molecule has 7 heteroatoms. The summed E-state index contributed by atoms with van der Waals surface area (Å²) in [7, 11) is -3.78. The predicted molar refractivity (Wildman–Crippen MR) is 116 cm³/mol. The fraction of sp³-hybridized carbons (Fsp3) is 0.208. The average molecular weight is 443 g/mol.